The standard InChI is InChI=1S/C21H24ClNO3/c1-13-11-15(9-10-17(13)22)25-14(2)20(24)23-18-12-21(3,4)26-19-8-6-5-7-16(18)19/h5-11,14,18H,12H2,1-4H3,(H,23,24). The molecule has 5 heteroatoms. The molecule has 2 atom stereocenters. The Hall–Kier alpha value is -2.20. The molecule has 0 radical (unpaired) electrons. The highest BCUT2D eigenvalue weighted by Gasteiger charge is 2.35. The number of hydrogen-bond donors (Lipinski definition) is 1. The molecular weight excluding hydrogens is 350 g/mol. The molecule has 2 aromatic carbocycles. The highest BCUT2D eigenvalue weighted by molar-refractivity contribution is 6.31. The largest absolute Gasteiger partial charge is 0.487 e. The van der Waals surface area contributed by atoms with Crippen molar-refractivity contribution >= 4 is 17.5 Å². The molecule has 26 heavy (non-hydrogen) atoms. The van der Waals surface area contributed by atoms with Crippen molar-refractivity contribution in [3.05, 3.63) is 58.6 Å². The normalized spacial score (nSPS) is 19.0. The number of carbonyl (C=O) groups is 1. The van der Waals surface area contributed by atoms with Gasteiger partial charge in [-0.25, -0.2) is 0 Å². The number of carbonyl (C=O) groups excluding carboxylic acids is 1. The van der Waals surface area contributed by atoms with Gasteiger partial charge in [-0.2, -0.15) is 0 Å². The lowest BCUT2D eigenvalue weighted by atomic mass is 9.89. The van der Waals surface area contributed by atoms with E-state index in [1.165, 1.54) is 0 Å². The van der Waals surface area contributed by atoms with Crippen LogP contribution in [0.4, 0.5) is 0 Å². The van der Waals surface area contributed by atoms with Crippen molar-refractivity contribution in [1.82, 2.24) is 5.32 Å². The average molecular weight is 374 g/mol. The molecule has 0 aromatic heterocycles. The van der Waals surface area contributed by atoms with E-state index in [1.807, 2.05) is 51.1 Å². The van der Waals surface area contributed by atoms with Crippen molar-refractivity contribution in [2.75, 3.05) is 0 Å². The number of amides is 1. The summed E-state index contributed by atoms with van der Waals surface area (Å²) in [7, 11) is 0. The summed E-state index contributed by atoms with van der Waals surface area (Å²) in [6.07, 6.45) is 0.0800. The second-order valence-corrected chi connectivity index (χ2v) is 7.74. The van der Waals surface area contributed by atoms with Crippen LogP contribution in [0.15, 0.2) is 42.5 Å². The van der Waals surface area contributed by atoms with Gasteiger partial charge in [0.1, 0.15) is 17.1 Å². The number of hydrogen-bond acceptors (Lipinski definition) is 3. The number of aryl methyl sites for hydroxylation is 1. The minimum absolute atomic E-state index is 0.111. The number of halogens is 1. The van der Waals surface area contributed by atoms with Crippen LogP contribution in [0, 0.1) is 6.92 Å². The zero-order valence-corrected chi connectivity index (χ0v) is 16.3. The molecule has 0 spiro atoms. The van der Waals surface area contributed by atoms with E-state index in [9.17, 15) is 4.79 Å². The predicted molar refractivity (Wildman–Crippen MR) is 103 cm³/mol. The Morgan fingerprint density at radius 1 is 1.31 bits per heavy atom. The molecule has 2 aromatic rings. The van der Waals surface area contributed by atoms with Crippen molar-refractivity contribution in [3.63, 3.8) is 0 Å². The predicted octanol–water partition coefficient (Wildman–Crippen LogP) is 4.83. The number of rotatable bonds is 4. The SMILES string of the molecule is Cc1cc(OC(C)C(=O)NC2CC(C)(C)Oc3ccccc32)ccc1Cl. The second kappa shape index (κ2) is 7.20. The second-order valence-electron chi connectivity index (χ2n) is 7.34. The Morgan fingerprint density at radius 2 is 2.04 bits per heavy atom. The van der Waals surface area contributed by atoms with Gasteiger partial charge in [0.25, 0.3) is 5.91 Å². The average Bonchev–Trinajstić information content (AvgIpc) is 2.57. The van der Waals surface area contributed by atoms with Crippen molar-refractivity contribution in [2.24, 2.45) is 0 Å². The van der Waals surface area contributed by atoms with Gasteiger partial charge < -0.3 is 14.8 Å². The quantitative estimate of drug-likeness (QED) is 0.834. The first-order chi connectivity index (χ1) is 12.2. The van der Waals surface area contributed by atoms with E-state index in [1.54, 1.807) is 19.1 Å². The molecule has 3 rings (SSSR count). The van der Waals surface area contributed by atoms with Gasteiger partial charge in [0.15, 0.2) is 6.10 Å². The molecule has 1 amide bonds. The third kappa shape index (κ3) is 4.13. The van der Waals surface area contributed by atoms with Crippen LogP contribution < -0.4 is 14.8 Å². The molecule has 0 aliphatic carbocycles. The maximum absolute atomic E-state index is 12.7. The minimum Gasteiger partial charge on any atom is -0.487 e. The van der Waals surface area contributed by atoms with Crippen LogP contribution in [0.1, 0.15) is 44.4 Å². The van der Waals surface area contributed by atoms with Gasteiger partial charge in [0.2, 0.25) is 0 Å². The summed E-state index contributed by atoms with van der Waals surface area (Å²) in [5, 5.41) is 3.78. The Balaban J connectivity index is 1.71. The number of benzene rings is 2. The number of fused-ring (bicyclic) bond motifs is 1. The lowest BCUT2D eigenvalue weighted by molar-refractivity contribution is -0.128. The summed E-state index contributed by atoms with van der Waals surface area (Å²) >= 11 is 6.04. The molecule has 0 saturated heterocycles. The first-order valence-electron chi connectivity index (χ1n) is 8.76. The highest BCUT2D eigenvalue weighted by atomic mass is 35.5. The topological polar surface area (TPSA) is 47.6 Å². The first-order valence-corrected chi connectivity index (χ1v) is 9.14. The van der Waals surface area contributed by atoms with Crippen LogP contribution in [-0.4, -0.2) is 17.6 Å². The van der Waals surface area contributed by atoms with E-state index in [2.05, 4.69) is 5.32 Å². The molecule has 0 saturated carbocycles. The Morgan fingerprint density at radius 3 is 2.77 bits per heavy atom. The van der Waals surface area contributed by atoms with Crippen LogP contribution >= 0.6 is 11.6 Å². The van der Waals surface area contributed by atoms with Crippen molar-refractivity contribution < 1.29 is 14.3 Å². The Kier molecular flexibility index (Phi) is 5.15. The molecule has 2 unspecified atom stereocenters. The number of nitrogens with one attached hydrogen (secondary N) is 1. The van der Waals surface area contributed by atoms with E-state index in [0.29, 0.717) is 17.2 Å². The van der Waals surface area contributed by atoms with Crippen LogP contribution in [0.25, 0.3) is 0 Å². The molecule has 4 nitrogen and oxygen atoms in total. The van der Waals surface area contributed by atoms with E-state index in [0.717, 1.165) is 16.9 Å². The fraction of sp³-hybridized carbons (Fsp3) is 0.381. The molecule has 1 N–H and O–H groups in total. The summed E-state index contributed by atoms with van der Waals surface area (Å²) in [6, 6.07) is 13.1. The minimum atomic E-state index is -0.617. The maximum Gasteiger partial charge on any atom is 0.261 e. The van der Waals surface area contributed by atoms with Gasteiger partial charge in [-0.15, -0.1) is 0 Å². The van der Waals surface area contributed by atoms with Crippen molar-refractivity contribution in [1.29, 1.82) is 0 Å². The monoisotopic (exact) mass is 373 g/mol. The van der Waals surface area contributed by atoms with Gasteiger partial charge in [0, 0.05) is 17.0 Å². The van der Waals surface area contributed by atoms with E-state index >= 15 is 0 Å². The smallest absolute Gasteiger partial charge is 0.261 e. The fourth-order valence-electron chi connectivity index (χ4n) is 3.17. The summed E-state index contributed by atoms with van der Waals surface area (Å²) in [4.78, 5) is 12.7. The lowest BCUT2D eigenvalue weighted by Crippen LogP contribution is -2.44. The molecule has 0 bridgehead atoms. The van der Waals surface area contributed by atoms with E-state index in [-0.39, 0.29) is 17.6 Å². The molecule has 1 aliphatic heterocycles. The molecular formula is C21H24ClNO3. The van der Waals surface area contributed by atoms with Gasteiger partial charge in [-0.1, -0.05) is 29.8 Å². The molecule has 1 aliphatic rings. The summed E-state index contributed by atoms with van der Waals surface area (Å²) < 4.78 is 11.8. The van der Waals surface area contributed by atoms with Gasteiger partial charge in [0.05, 0.1) is 6.04 Å². The van der Waals surface area contributed by atoms with Crippen molar-refractivity contribution in [3.8, 4) is 11.5 Å². The zero-order chi connectivity index (χ0) is 18.9. The Bertz CT molecular complexity index is 819. The first kappa shape index (κ1) is 18.6. The third-order valence-corrected chi connectivity index (χ3v) is 4.93. The molecule has 1 heterocycles. The van der Waals surface area contributed by atoms with Crippen LogP contribution in [0.5, 0.6) is 11.5 Å². The molecule has 0 fully saturated rings. The summed E-state index contributed by atoms with van der Waals surface area (Å²) in [5.41, 5.74) is 1.57. The van der Waals surface area contributed by atoms with Gasteiger partial charge in [-0.3, -0.25) is 4.79 Å². The summed E-state index contributed by atoms with van der Waals surface area (Å²) in [5.74, 6) is 1.29. The summed E-state index contributed by atoms with van der Waals surface area (Å²) in [6.45, 7) is 7.70. The number of ether oxygens (including phenoxy) is 2. The highest BCUT2D eigenvalue weighted by Crippen LogP contribution is 2.39. The van der Waals surface area contributed by atoms with Gasteiger partial charge in [-0.05, 0) is 57.5 Å². The zero-order valence-electron chi connectivity index (χ0n) is 15.5. The number of para-hydroxylation sites is 1. The van der Waals surface area contributed by atoms with Crippen molar-refractivity contribution in [2.45, 2.75) is 51.9 Å². The fourth-order valence-corrected chi connectivity index (χ4v) is 3.29. The van der Waals surface area contributed by atoms with Crippen LogP contribution in [-0.2, 0) is 4.79 Å². The Labute approximate surface area is 159 Å². The van der Waals surface area contributed by atoms with E-state index < -0.39 is 6.10 Å². The lowest BCUT2D eigenvalue weighted by Gasteiger charge is -2.38. The third-order valence-electron chi connectivity index (χ3n) is 4.50. The van der Waals surface area contributed by atoms with Crippen LogP contribution in [0.2, 0.25) is 5.02 Å². The molecule has 138 valence electrons. The van der Waals surface area contributed by atoms with Gasteiger partial charge >= 0.3 is 0 Å². The van der Waals surface area contributed by atoms with Crippen LogP contribution in [0.3, 0.4) is 0 Å². The maximum atomic E-state index is 12.7. The van der Waals surface area contributed by atoms with E-state index in [4.69, 9.17) is 21.1 Å².